The molecule has 4 heteroatoms. The molecule has 0 unspecified atom stereocenters. The van der Waals surface area contributed by atoms with Crippen molar-refractivity contribution in [2.75, 3.05) is 0 Å². The normalized spacial score (nSPS) is 9.83. The standard InChI is InChI=1S/C14H10INO2/c15-12-2-4-13(5-3-12)18-14-6-1-10(9-17)7-11(14)8-16/h1-7,17H,9H2. The molecule has 0 bridgehead atoms. The Labute approximate surface area is 119 Å². The average molecular weight is 351 g/mol. The zero-order chi connectivity index (χ0) is 13.0. The zero-order valence-corrected chi connectivity index (χ0v) is 11.6. The summed E-state index contributed by atoms with van der Waals surface area (Å²) in [6, 6.07) is 14.7. The fourth-order valence-electron chi connectivity index (χ4n) is 1.48. The van der Waals surface area contributed by atoms with Crippen molar-refractivity contribution in [3.63, 3.8) is 0 Å². The highest BCUT2D eigenvalue weighted by molar-refractivity contribution is 14.1. The van der Waals surface area contributed by atoms with Crippen LogP contribution in [0, 0.1) is 14.9 Å². The summed E-state index contributed by atoms with van der Waals surface area (Å²) in [6.45, 7) is -0.0848. The van der Waals surface area contributed by atoms with E-state index in [9.17, 15) is 0 Å². The Morgan fingerprint density at radius 2 is 1.89 bits per heavy atom. The number of aliphatic hydroxyl groups excluding tert-OH is 1. The molecule has 3 nitrogen and oxygen atoms in total. The summed E-state index contributed by atoms with van der Waals surface area (Å²) in [5.74, 6) is 1.18. The Morgan fingerprint density at radius 1 is 1.17 bits per heavy atom. The highest BCUT2D eigenvalue weighted by Crippen LogP contribution is 2.26. The van der Waals surface area contributed by atoms with E-state index >= 15 is 0 Å². The number of rotatable bonds is 3. The van der Waals surface area contributed by atoms with Gasteiger partial charge in [0.2, 0.25) is 0 Å². The first-order chi connectivity index (χ1) is 8.72. The Bertz CT molecular complexity index is 588. The molecule has 0 heterocycles. The summed E-state index contributed by atoms with van der Waals surface area (Å²) in [5, 5.41) is 18.1. The molecule has 2 aromatic rings. The maximum absolute atomic E-state index is 9.05. The second-order valence-electron chi connectivity index (χ2n) is 3.66. The van der Waals surface area contributed by atoms with Crippen molar-refractivity contribution in [1.29, 1.82) is 5.26 Å². The summed E-state index contributed by atoms with van der Waals surface area (Å²) >= 11 is 2.22. The lowest BCUT2D eigenvalue weighted by atomic mass is 10.1. The van der Waals surface area contributed by atoms with Crippen molar-refractivity contribution < 1.29 is 9.84 Å². The van der Waals surface area contributed by atoms with Crippen LogP contribution in [0.4, 0.5) is 0 Å². The van der Waals surface area contributed by atoms with E-state index in [1.54, 1.807) is 18.2 Å². The van der Waals surface area contributed by atoms with Gasteiger partial charge < -0.3 is 9.84 Å². The van der Waals surface area contributed by atoms with Gasteiger partial charge in [0.05, 0.1) is 12.2 Å². The molecule has 18 heavy (non-hydrogen) atoms. The number of nitriles is 1. The van der Waals surface area contributed by atoms with Crippen molar-refractivity contribution in [2.45, 2.75) is 6.61 Å². The number of hydrogen-bond donors (Lipinski definition) is 1. The monoisotopic (exact) mass is 351 g/mol. The minimum atomic E-state index is -0.0848. The molecule has 0 saturated carbocycles. The van der Waals surface area contributed by atoms with Gasteiger partial charge in [-0.2, -0.15) is 5.26 Å². The minimum absolute atomic E-state index is 0.0848. The summed E-state index contributed by atoms with van der Waals surface area (Å²) < 4.78 is 6.77. The van der Waals surface area contributed by atoms with Crippen molar-refractivity contribution in [1.82, 2.24) is 0 Å². The first kappa shape index (κ1) is 12.9. The van der Waals surface area contributed by atoms with E-state index in [2.05, 4.69) is 28.7 Å². The smallest absolute Gasteiger partial charge is 0.145 e. The van der Waals surface area contributed by atoms with Gasteiger partial charge in [-0.15, -0.1) is 0 Å². The second-order valence-corrected chi connectivity index (χ2v) is 4.90. The molecular weight excluding hydrogens is 341 g/mol. The van der Waals surface area contributed by atoms with Crippen LogP contribution in [-0.2, 0) is 6.61 Å². The van der Waals surface area contributed by atoms with Gasteiger partial charge in [0.1, 0.15) is 17.6 Å². The molecule has 0 fully saturated rings. The molecule has 0 aliphatic heterocycles. The van der Waals surface area contributed by atoms with Gasteiger partial charge in [-0.1, -0.05) is 6.07 Å². The zero-order valence-electron chi connectivity index (χ0n) is 9.43. The molecule has 0 amide bonds. The van der Waals surface area contributed by atoms with Gasteiger partial charge in [-0.05, 0) is 64.6 Å². The molecule has 0 saturated heterocycles. The Morgan fingerprint density at radius 3 is 2.50 bits per heavy atom. The topological polar surface area (TPSA) is 53.2 Å². The molecule has 0 aliphatic carbocycles. The summed E-state index contributed by atoms with van der Waals surface area (Å²) in [4.78, 5) is 0. The third-order valence-corrected chi connectivity index (χ3v) is 3.11. The van der Waals surface area contributed by atoms with Crippen molar-refractivity contribution in [2.24, 2.45) is 0 Å². The van der Waals surface area contributed by atoms with E-state index in [1.807, 2.05) is 24.3 Å². The highest BCUT2D eigenvalue weighted by atomic mass is 127. The van der Waals surface area contributed by atoms with Crippen LogP contribution in [0.1, 0.15) is 11.1 Å². The molecule has 1 N–H and O–H groups in total. The van der Waals surface area contributed by atoms with Gasteiger partial charge in [0, 0.05) is 3.57 Å². The van der Waals surface area contributed by atoms with Gasteiger partial charge in [-0.25, -0.2) is 0 Å². The number of halogens is 1. The van der Waals surface area contributed by atoms with E-state index in [1.165, 1.54) is 0 Å². The van der Waals surface area contributed by atoms with E-state index in [4.69, 9.17) is 15.1 Å². The minimum Gasteiger partial charge on any atom is -0.456 e. The summed E-state index contributed by atoms with van der Waals surface area (Å²) in [5.41, 5.74) is 1.11. The van der Waals surface area contributed by atoms with Crippen LogP contribution in [0.2, 0.25) is 0 Å². The molecule has 2 rings (SSSR count). The highest BCUT2D eigenvalue weighted by Gasteiger charge is 2.05. The summed E-state index contributed by atoms with van der Waals surface area (Å²) in [6.07, 6.45) is 0. The van der Waals surface area contributed by atoms with Gasteiger partial charge in [-0.3, -0.25) is 0 Å². The van der Waals surface area contributed by atoms with E-state index in [0.717, 1.165) is 3.57 Å². The molecule has 90 valence electrons. The van der Waals surface area contributed by atoms with Crippen LogP contribution in [0.3, 0.4) is 0 Å². The molecule has 0 atom stereocenters. The predicted octanol–water partition coefficient (Wildman–Crippen LogP) is 3.45. The fourth-order valence-corrected chi connectivity index (χ4v) is 1.84. The van der Waals surface area contributed by atoms with E-state index < -0.39 is 0 Å². The average Bonchev–Trinajstić information content (AvgIpc) is 2.41. The van der Waals surface area contributed by atoms with Crippen LogP contribution in [0.25, 0.3) is 0 Å². The van der Waals surface area contributed by atoms with E-state index in [-0.39, 0.29) is 6.61 Å². The Balaban J connectivity index is 2.29. The van der Waals surface area contributed by atoms with Gasteiger partial charge in [0.25, 0.3) is 0 Å². The van der Waals surface area contributed by atoms with E-state index in [0.29, 0.717) is 22.6 Å². The molecule has 0 spiro atoms. The van der Waals surface area contributed by atoms with Gasteiger partial charge in [0.15, 0.2) is 0 Å². The van der Waals surface area contributed by atoms with Crippen molar-refractivity contribution >= 4 is 22.6 Å². The number of nitrogens with zero attached hydrogens (tertiary/aromatic N) is 1. The third-order valence-electron chi connectivity index (χ3n) is 2.39. The largest absolute Gasteiger partial charge is 0.456 e. The lowest BCUT2D eigenvalue weighted by Crippen LogP contribution is -1.91. The van der Waals surface area contributed by atoms with Crippen LogP contribution in [0.15, 0.2) is 42.5 Å². The third kappa shape index (κ3) is 3.00. The first-order valence-corrected chi connectivity index (χ1v) is 6.38. The van der Waals surface area contributed by atoms with Gasteiger partial charge >= 0.3 is 0 Å². The lowest BCUT2D eigenvalue weighted by molar-refractivity contribution is 0.281. The lowest BCUT2D eigenvalue weighted by Gasteiger charge is -2.08. The molecule has 0 aliphatic rings. The van der Waals surface area contributed by atoms with Crippen LogP contribution in [-0.4, -0.2) is 5.11 Å². The quantitative estimate of drug-likeness (QED) is 0.862. The predicted molar refractivity (Wildman–Crippen MR) is 76.3 cm³/mol. The SMILES string of the molecule is N#Cc1cc(CO)ccc1Oc1ccc(I)cc1. The van der Waals surface area contributed by atoms with Crippen LogP contribution < -0.4 is 4.74 Å². The molecule has 2 aromatic carbocycles. The van der Waals surface area contributed by atoms with Crippen LogP contribution in [0.5, 0.6) is 11.5 Å². The molecular formula is C14H10INO2. The molecule has 0 radical (unpaired) electrons. The van der Waals surface area contributed by atoms with Crippen molar-refractivity contribution in [3.05, 3.63) is 57.2 Å². The van der Waals surface area contributed by atoms with Crippen LogP contribution >= 0.6 is 22.6 Å². The fraction of sp³-hybridized carbons (Fsp3) is 0.0714. The number of benzene rings is 2. The Kier molecular flexibility index (Phi) is 4.18. The Hall–Kier alpha value is -1.58. The number of aliphatic hydroxyl groups is 1. The summed E-state index contributed by atoms with van der Waals surface area (Å²) in [7, 11) is 0. The number of hydrogen-bond acceptors (Lipinski definition) is 3. The first-order valence-electron chi connectivity index (χ1n) is 5.30. The van der Waals surface area contributed by atoms with Crippen molar-refractivity contribution in [3.8, 4) is 17.6 Å². The number of ether oxygens (including phenoxy) is 1. The maximum atomic E-state index is 9.05. The molecule has 0 aromatic heterocycles. The maximum Gasteiger partial charge on any atom is 0.145 e. The second kappa shape index (κ2) is 5.85.